The second kappa shape index (κ2) is 8.75. The summed E-state index contributed by atoms with van der Waals surface area (Å²) in [6.45, 7) is 0. The normalized spacial score (nSPS) is 19.0. The fourth-order valence-electron chi connectivity index (χ4n) is 4.44. The lowest BCUT2D eigenvalue weighted by Gasteiger charge is -2.44. The molecule has 1 aliphatic rings. The molecule has 0 fully saturated rings. The molecule has 0 saturated carbocycles. The SMILES string of the molecule is COC(=O)[C@@H]1c2cc(F)ccc2C[C@@H](c2ccc(OC)cc2)C1(C(=O)OC)C(=O)OC. The largest absolute Gasteiger partial charge is 0.497 e. The van der Waals surface area contributed by atoms with Gasteiger partial charge in [-0.3, -0.25) is 14.4 Å². The topological polar surface area (TPSA) is 88.1 Å². The van der Waals surface area contributed by atoms with Crippen molar-refractivity contribution in [1.82, 2.24) is 0 Å². The summed E-state index contributed by atoms with van der Waals surface area (Å²) in [7, 11) is 4.89. The highest BCUT2D eigenvalue weighted by molar-refractivity contribution is 6.07. The highest BCUT2D eigenvalue weighted by atomic mass is 19.1. The number of halogens is 1. The van der Waals surface area contributed by atoms with Crippen molar-refractivity contribution in [3.05, 3.63) is 65.0 Å². The molecular weight excluding hydrogens is 407 g/mol. The molecule has 31 heavy (non-hydrogen) atoms. The van der Waals surface area contributed by atoms with Crippen molar-refractivity contribution in [3.63, 3.8) is 0 Å². The molecule has 0 bridgehead atoms. The zero-order valence-electron chi connectivity index (χ0n) is 17.6. The van der Waals surface area contributed by atoms with E-state index < -0.39 is 41.0 Å². The Bertz CT molecular complexity index is 983. The molecule has 0 radical (unpaired) electrons. The average Bonchev–Trinajstić information content (AvgIpc) is 2.81. The number of rotatable bonds is 5. The lowest BCUT2D eigenvalue weighted by atomic mass is 9.56. The van der Waals surface area contributed by atoms with E-state index in [1.54, 1.807) is 24.3 Å². The van der Waals surface area contributed by atoms with Gasteiger partial charge in [0, 0.05) is 5.92 Å². The van der Waals surface area contributed by atoms with Gasteiger partial charge in [-0.25, -0.2) is 4.39 Å². The molecule has 0 amide bonds. The lowest BCUT2D eigenvalue weighted by Crippen LogP contribution is -2.55. The van der Waals surface area contributed by atoms with Crippen LogP contribution >= 0.6 is 0 Å². The highest BCUT2D eigenvalue weighted by Gasteiger charge is 2.65. The van der Waals surface area contributed by atoms with Crippen molar-refractivity contribution in [2.45, 2.75) is 18.3 Å². The third kappa shape index (κ3) is 3.52. The average molecular weight is 430 g/mol. The van der Waals surface area contributed by atoms with E-state index in [1.165, 1.54) is 19.2 Å². The summed E-state index contributed by atoms with van der Waals surface area (Å²) in [5.74, 6) is -5.16. The van der Waals surface area contributed by atoms with Crippen molar-refractivity contribution in [2.75, 3.05) is 28.4 Å². The molecule has 164 valence electrons. The number of esters is 3. The number of carbonyl (C=O) groups is 3. The van der Waals surface area contributed by atoms with Crippen molar-refractivity contribution in [1.29, 1.82) is 0 Å². The van der Waals surface area contributed by atoms with Crippen molar-refractivity contribution >= 4 is 17.9 Å². The van der Waals surface area contributed by atoms with Crippen LogP contribution in [0.15, 0.2) is 42.5 Å². The minimum absolute atomic E-state index is 0.166. The van der Waals surface area contributed by atoms with Crippen LogP contribution < -0.4 is 4.74 Å². The standard InChI is InChI=1S/C23H23FO7/c1-28-16-9-6-13(7-10-16)18-11-14-5-8-15(24)12-17(14)19(20(25)29-2)23(18,21(26)30-3)22(27)31-4/h5-10,12,18-19H,11H2,1-4H3/t18-,19-/m0/s1. The van der Waals surface area contributed by atoms with Gasteiger partial charge in [-0.1, -0.05) is 18.2 Å². The van der Waals surface area contributed by atoms with Crippen molar-refractivity contribution < 1.29 is 37.7 Å². The first-order valence-corrected chi connectivity index (χ1v) is 9.52. The summed E-state index contributed by atoms with van der Waals surface area (Å²) in [6.07, 6.45) is 0.166. The third-order valence-electron chi connectivity index (χ3n) is 5.85. The van der Waals surface area contributed by atoms with E-state index in [0.717, 1.165) is 27.4 Å². The van der Waals surface area contributed by atoms with Gasteiger partial charge < -0.3 is 18.9 Å². The van der Waals surface area contributed by atoms with Gasteiger partial charge in [-0.05, 0) is 47.4 Å². The van der Waals surface area contributed by atoms with Gasteiger partial charge in [-0.15, -0.1) is 0 Å². The number of ether oxygens (including phenoxy) is 4. The van der Waals surface area contributed by atoms with Crippen LogP contribution in [0.1, 0.15) is 28.5 Å². The van der Waals surface area contributed by atoms with Gasteiger partial charge in [0.05, 0.1) is 28.4 Å². The Morgan fingerprint density at radius 2 is 1.52 bits per heavy atom. The zero-order valence-corrected chi connectivity index (χ0v) is 17.6. The Morgan fingerprint density at radius 3 is 2.03 bits per heavy atom. The zero-order chi connectivity index (χ0) is 22.8. The van der Waals surface area contributed by atoms with Gasteiger partial charge in [0.2, 0.25) is 0 Å². The second-order valence-corrected chi connectivity index (χ2v) is 7.18. The number of hydrogen-bond donors (Lipinski definition) is 0. The Balaban J connectivity index is 2.38. The van der Waals surface area contributed by atoms with Gasteiger partial charge in [0.25, 0.3) is 0 Å². The lowest BCUT2D eigenvalue weighted by molar-refractivity contribution is -0.179. The van der Waals surface area contributed by atoms with E-state index in [0.29, 0.717) is 16.9 Å². The van der Waals surface area contributed by atoms with Gasteiger partial charge in [0.15, 0.2) is 5.41 Å². The molecule has 0 N–H and O–H groups in total. The fraction of sp³-hybridized carbons (Fsp3) is 0.348. The molecule has 0 aliphatic heterocycles. The molecule has 0 saturated heterocycles. The van der Waals surface area contributed by atoms with E-state index in [1.807, 2.05) is 0 Å². The number of methoxy groups -OCH3 is 4. The summed E-state index contributed by atoms with van der Waals surface area (Å²) >= 11 is 0. The maximum absolute atomic E-state index is 14.2. The van der Waals surface area contributed by atoms with Crippen LogP contribution in [0.4, 0.5) is 4.39 Å². The number of hydrogen-bond acceptors (Lipinski definition) is 7. The quantitative estimate of drug-likeness (QED) is 0.409. The predicted octanol–water partition coefficient (Wildman–Crippen LogP) is 2.76. The van der Waals surface area contributed by atoms with E-state index in [2.05, 4.69) is 0 Å². The Morgan fingerprint density at radius 1 is 0.903 bits per heavy atom. The van der Waals surface area contributed by atoms with E-state index >= 15 is 0 Å². The molecule has 3 rings (SSSR count). The van der Waals surface area contributed by atoms with Crippen LogP contribution in [0.2, 0.25) is 0 Å². The van der Waals surface area contributed by atoms with Crippen LogP contribution in [0.3, 0.4) is 0 Å². The molecule has 0 aromatic heterocycles. The summed E-state index contributed by atoms with van der Waals surface area (Å²) in [4.78, 5) is 39.5. The summed E-state index contributed by atoms with van der Waals surface area (Å²) in [5, 5.41) is 0. The minimum atomic E-state index is -2.12. The summed E-state index contributed by atoms with van der Waals surface area (Å²) in [5.41, 5.74) is -0.736. The first kappa shape index (κ1) is 22.3. The van der Waals surface area contributed by atoms with Gasteiger partial charge in [-0.2, -0.15) is 0 Å². The Hall–Kier alpha value is -3.42. The van der Waals surface area contributed by atoms with E-state index in [-0.39, 0.29) is 12.0 Å². The maximum Gasteiger partial charge on any atom is 0.325 e. The van der Waals surface area contributed by atoms with Gasteiger partial charge >= 0.3 is 17.9 Å². The molecule has 2 aromatic carbocycles. The highest BCUT2D eigenvalue weighted by Crippen LogP contribution is 2.55. The monoisotopic (exact) mass is 430 g/mol. The third-order valence-corrected chi connectivity index (χ3v) is 5.85. The van der Waals surface area contributed by atoms with Crippen LogP contribution in [0, 0.1) is 11.2 Å². The number of benzene rings is 2. The van der Waals surface area contributed by atoms with E-state index in [9.17, 15) is 18.8 Å². The molecule has 7 nitrogen and oxygen atoms in total. The molecule has 0 heterocycles. The Labute approximate surface area is 179 Å². The first-order valence-electron chi connectivity index (χ1n) is 9.52. The van der Waals surface area contributed by atoms with Crippen LogP contribution in [0.25, 0.3) is 0 Å². The van der Waals surface area contributed by atoms with Crippen molar-refractivity contribution in [2.24, 2.45) is 5.41 Å². The van der Waals surface area contributed by atoms with Crippen LogP contribution in [0.5, 0.6) is 5.75 Å². The maximum atomic E-state index is 14.2. The molecule has 8 heteroatoms. The van der Waals surface area contributed by atoms with Crippen molar-refractivity contribution in [3.8, 4) is 5.75 Å². The second-order valence-electron chi connectivity index (χ2n) is 7.18. The van der Waals surface area contributed by atoms with Gasteiger partial charge in [0.1, 0.15) is 17.5 Å². The fourth-order valence-corrected chi connectivity index (χ4v) is 4.44. The predicted molar refractivity (Wildman–Crippen MR) is 107 cm³/mol. The summed E-state index contributed by atoms with van der Waals surface area (Å²) < 4.78 is 34.3. The van der Waals surface area contributed by atoms with E-state index in [4.69, 9.17) is 18.9 Å². The molecule has 1 aliphatic carbocycles. The smallest absolute Gasteiger partial charge is 0.325 e. The Kier molecular flexibility index (Phi) is 6.29. The molecular formula is C23H23FO7. The number of fused-ring (bicyclic) bond motifs is 1. The molecule has 2 atom stereocenters. The molecule has 0 spiro atoms. The van der Waals surface area contributed by atoms with Crippen LogP contribution in [-0.4, -0.2) is 46.3 Å². The summed E-state index contributed by atoms with van der Waals surface area (Å²) in [6, 6.07) is 10.7. The van der Waals surface area contributed by atoms with Crippen LogP contribution in [-0.2, 0) is 35.0 Å². The minimum Gasteiger partial charge on any atom is -0.497 e. The molecule has 0 unspecified atom stereocenters. The first-order chi connectivity index (χ1) is 14.8. The molecule has 2 aromatic rings. The number of carbonyl (C=O) groups excluding carboxylic acids is 3.